The lowest BCUT2D eigenvalue weighted by Crippen LogP contribution is -2.39. The predicted octanol–water partition coefficient (Wildman–Crippen LogP) is 2.74. The number of nitrogens with zero attached hydrogens (tertiary/aromatic N) is 4. The Labute approximate surface area is 137 Å². The van der Waals surface area contributed by atoms with Crippen LogP contribution in [-0.2, 0) is 0 Å². The molecule has 0 spiro atoms. The van der Waals surface area contributed by atoms with E-state index in [-0.39, 0.29) is 11.8 Å². The fraction of sp³-hybridized carbons (Fsp3) is 0.375. The summed E-state index contributed by atoms with van der Waals surface area (Å²) in [6, 6.07) is 1.97. The van der Waals surface area contributed by atoms with E-state index in [2.05, 4.69) is 20.2 Å². The van der Waals surface area contributed by atoms with E-state index in [9.17, 15) is 4.79 Å². The van der Waals surface area contributed by atoms with Crippen LogP contribution in [0.4, 0.5) is 0 Å². The maximum absolute atomic E-state index is 12.7. The summed E-state index contributed by atoms with van der Waals surface area (Å²) in [5.41, 5.74) is 3.24. The molecule has 3 aromatic rings. The zero-order valence-electron chi connectivity index (χ0n) is 12.8. The van der Waals surface area contributed by atoms with Crippen LogP contribution in [0, 0.1) is 6.92 Å². The Hall–Kier alpha value is -2.28. The molecular formula is C16H17N5OS. The number of nitrogens with one attached hydrogen (secondary N) is 1. The highest BCUT2D eigenvalue weighted by Gasteiger charge is 2.28. The number of amides is 1. The molecule has 4 heterocycles. The summed E-state index contributed by atoms with van der Waals surface area (Å²) in [7, 11) is 0. The molecule has 0 aromatic carbocycles. The van der Waals surface area contributed by atoms with Gasteiger partial charge in [-0.2, -0.15) is 5.10 Å². The van der Waals surface area contributed by atoms with Crippen molar-refractivity contribution in [2.24, 2.45) is 0 Å². The number of thiophene rings is 1. The Morgan fingerprint density at radius 3 is 3.09 bits per heavy atom. The zero-order chi connectivity index (χ0) is 15.8. The van der Waals surface area contributed by atoms with Gasteiger partial charge in [0.15, 0.2) is 5.65 Å². The molecule has 1 saturated heterocycles. The van der Waals surface area contributed by atoms with Crippen molar-refractivity contribution in [3.05, 3.63) is 40.0 Å². The highest BCUT2D eigenvalue weighted by molar-refractivity contribution is 7.10. The topological polar surface area (TPSA) is 74.8 Å². The minimum Gasteiger partial charge on any atom is -0.338 e. The lowest BCUT2D eigenvalue weighted by atomic mass is 9.94. The van der Waals surface area contributed by atoms with Crippen LogP contribution in [0.1, 0.15) is 39.7 Å². The van der Waals surface area contributed by atoms with E-state index in [1.54, 1.807) is 23.7 Å². The molecule has 1 fully saturated rings. The quantitative estimate of drug-likeness (QED) is 0.785. The summed E-state index contributed by atoms with van der Waals surface area (Å²) < 4.78 is 0. The molecule has 0 saturated carbocycles. The van der Waals surface area contributed by atoms with Crippen molar-refractivity contribution in [2.75, 3.05) is 13.1 Å². The zero-order valence-corrected chi connectivity index (χ0v) is 13.6. The average molecular weight is 327 g/mol. The van der Waals surface area contributed by atoms with Gasteiger partial charge >= 0.3 is 0 Å². The summed E-state index contributed by atoms with van der Waals surface area (Å²) in [6.07, 6.45) is 5.34. The van der Waals surface area contributed by atoms with E-state index in [0.29, 0.717) is 12.2 Å². The van der Waals surface area contributed by atoms with Crippen LogP contribution in [0.5, 0.6) is 0 Å². The van der Waals surface area contributed by atoms with Gasteiger partial charge in [-0.3, -0.25) is 9.89 Å². The molecule has 1 aliphatic rings. The number of aromatic amines is 1. The van der Waals surface area contributed by atoms with Gasteiger partial charge in [0, 0.05) is 41.7 Å². The Bertz CT molecular complexity index is 855. The third kappa shape index (κ3) is 2.61. The highest BCUT2D eigenvalue weighted by Crippen LogP contribution is 2.30. The number of likely N-dealkylation sites (tertiary alicyclic amines) is 1. The molecule has 1 N–H and O–H groups in total. The predicted molar refractivity (Wildman–Crippen MR) is 88.6 cm³/mol. The standard InChI is InChI=1S/C16H17N5OS/c1-10-7-12(9-23-10)16(22)21-6-2-3-11(8-21)13-14-15(20-19-13)18-5-4-17-14/h4-5,7,9,11H,2-3,6,8H2,1H3,(H,18,19,20)/t11-/m1/s1. The van der Waals surface area contributed by atoms with Gasteiger partial charge in [-0.15, -0.1) is 11.3 Å². The fourth-order valence-corrected chi connectivity index (χ4v) is 3.87. The first kappa shape index (κ1) is 14.3. The molecule has 0 bridgehead atoms. The van der Waals surface area contributed by atoms with Crippen LogP contribution in [-0.4, -0.2) is 44.1 Å². The van der Waals surface area contributed by atoms with E-state index in [0.717, 1.165) is 41.0 Å². The van der Waals surface area contributed by atoms with Crippen LogP contribution < -0.4 is 0 Å². The lowest BCUT2D eigenvalue weighted by Gasteiger charge is -2.32. The second-order valence-electron chi connectivity index (χ2n) is 5.90. The number of fused-ring (bicyclic) bond motifs is 1. The molecule has 0 radical (unpaired) electrons. The highest BCUT2D eigenvalue weighted by atomic mass is 32.1. The number of hydrogen-bond donors (Lipinski definition) is 1. The van der Waals surface area contributed by atoms with Gasteiger partial charge in [-0.05, 0) is 25.8 Å². The molecule has 4 rings (SSSR count). The molecule has 118 valence electrons. The molecule has 0 unspecified atom stereocenters. The van der Waals surface area contributed by atoms with Crippen molar-refractivity contribution < 1.29 is 4.79 Å². The largest absolute Gasteiger partial charge is 0.338 e. The smallest absolute Gasteiger partial charge is 0.254 e. The van der Waals surface area contributed by atoms with Crippen LogP contribution in [0.25, 0.3) is 11.2 Å². The van der Waals surface area contributed by atoms with E-state index in [4.69, 9.17) is 0 Å². The molecule has 7 heteroatoms. The summed E-state index contributed by atoms with van der Waals surface area (Å²) in [5, 5.41) is 9.24. The first-order chi connectivity index (χ1) is 11.2. The van der Waals surface area contributed by atoms with Crippen LogP contribution >= 0.6 is 11.3 Å². The Kier molecular flexibility index (Phi) is 3.57. The van der Waals surface area contributed by atoms with Crippen molar-refractivity contribution in [3.63, 3.8) is 0 Å². The number of piperidine rings is 1. The summed E-state index contributed by atoms with van der Waals surface area (Å²) in [5.74, 6) is 0.350. The maximum atomic E-state index is 12.7. The molecule has 1 aliphatic heterocycles. The normalized spacial score (nSPS) is 18.5. The number of carbonyl (C=O) groups excluding carboxylic acids is 1. The molecular weight excluding hydrogens is 310 g/mol. The molecule has 6 nitrogen and oxygen atoms in total. The Morgan fingerprint density at radius 1 is 1.39 bits per heavy atom. The summed E-state index contributed by atoms with van der Waals surface area (Å²) in [4.78, 5) is 24.4. The first-order valence-corrected chi connectivity index (χ1v) is 8.60. The van der Waals surface area contributed by atoms with Gasteiger partial charge < -0.3 is 4.90 Å². The summed E-state index contributed by atoms with van der Waals surface area (Å²) in [6.45, 7) is 3.53. The minimum atomic E-state index is 0.119. The van der Waals surface area contributed by atoms with E-state index in [1.165, 1.54) is 0 Å². The third-order valence-electron chi connectivity index (χ3n) is 4.31. The van der Waals surface area contributed by atoms with Gasteiger partial charge in [0.05, 0.1) is 11.3 Å². The van der Waals surface area contributed by atoms with Crippen molar-refractivity contribution in [3.8, 4) is 0 Å². The van der Waals surface area contributed by atoms with Crippen molar-refractivity contribution in [1.29, 1.82) is 0 Å². The summed E-state index contributed by atoms with van der Waals surface area (Å²) >= 11 is 1.62. The minimum absolute atomic E-state index is 0.119. The SMILES string of the molecule is Cc1cc(C(=O)N2CCC[C@@H](c3[nH]nc4nccnc34)C2)cs1. The first-order valence-electron chi connectivity index (χ1n) is 7.72. The van der Waals surface area contributed by atoms with E-state index in [1.807, 2.05) is 23.3 Å². The number of H-pyrrole nitrogens is 1. The number of rotatable bonds is 2. The van der Waals surface area contributed by atoms with Crippen molar-refractivity contribution in [1.82, 2.24) is 25.1 Å². The third-order valence-corrected chi connectivity index (χ3v) is 5.17. The lowest BCUT2D eigenvalue weighted by molar-refractivity contribution is 0.0706. The van der Waals surface area contributed by atoms with E-state index < -0.39 is 0 Å². The Morgan fingerprint density at radius 2 is 2.26 bits per heavy atom. The van der Waals surface area contributed by atoms with Gasteiger partial charge in [-0.25, -0.2) is 9.97 Å². The molecule has 1 atom stereocenters. The number of aryl methyl sites for hydroxylation is 1. The number of hydrogen-bond acceptors (Lipinski definition) is 5. The average Bonchev–Trinajstić information content (AvgIpc) is 3.20. The van der Waals surface area contributed by atoms with Crippen LogP contribution in [0.2, 0.25) is 0 Å². The molecule has 1 amide bonds. The van der Waals surface area contributed by atoms with Crippen molar-refractivity contribution >= 4 is 28.4 Å². The molecule has 3 aromatic heterocycles. The van der Waals surface area contributed by atoms with Crippen LogP contribution in [0.15, 0.2) is 23.8 Å². The van der Waals surface area contributed by atoms with Gasteiger partial charge in [0.2, 0.25) is 0 Å². The maximum Gasteiger partial charge on any atom is 0.254 e. The van der Waals surface area contributed by atoms with Gasteiger partial charge in [-0.1, -0.05) is 0 Å². The van der Waals surface area contributed by atoms with Crippen molar-refractivity contribution in [2.45, 2.75) is 25.7 Å². The van der Waals surface area contributed by atoms with Gasteiger partial charge in [0.1, 0.15) is 5.52 Å². The monoisotopic (exact) mass is 327 g/mol. The molecule has 0 aliphatic carbocycles. The van der Waals surface area contributed by atoms with Gasteiger partial charge in [0.25, 0.3) is 5.91 Å². The number of aromatic nitrogens is 4. The number of carbonyl (C=O) groups is 1. The van der Waals surface area contributed by atoms with Crippen LogP contribution in [0.3, 0.4) is 0 Å². The second kappa shape index (κ2) is 5.73. The Balaban J connectivity index is 1.58. The molecule has 23 heavy (non-hydrogen) atoms. The fourth-order valence-electron chi connectivity index (χ4n) is 3.19. The second-order valence-corrected chi connectivity index (χ2v) is 7.02. The van der Waals surface area contributed by atoms with E-state index >= 15 is 0 Å².